The fraction of sp³-hybridized carbons (Fsp3) is 0.333. The number of thiazole rings is 1. The topological polar surface area (TPSA) is 75.4 Å². The van der Waals surface area contributed by atoms with E-state index in [1.54, 1.807) is 11.3 Å². The lowest BCUT2D eigenvalue weighted by Crippen LogP contribution is -2.17. The maximum absolute atomic E-state index is 10.7. The summed E-state index contributed by atoms with van der Waals surface area (Å²) in [5.41, 5.74) is 0.171. The molecule has 0 aliphatic heterocycles. The maximum Gasteiger partial charge on any atom is 0.338 e. The van der Waals surface area contributed by atoms with Crippen LogP contribution in [0.15, 0.2) is 22.9 Å². The molecule has 96 valence electrons. The Morgan fingerprint density at radius 1 is 1.67 bits per heavy atom. The van der Waals surface area contributed by atoms with Crippen molar-refractivity contribution < 1.29 is 14.3 Å². The third-order valence-corrected chi connectivity index (χ3v) is 3.59. The fourth-order valence-corrected chi connectivity index (χ4v) is 2.30. The zero-order valence-corrected chi connectivity index (χ0v) is 11.0. The van der Waals surface area contributed by atoms with E-state index < -0.39 is 5.97 Å². The number of furan rings is 1. The van der Waals surface area contributed by atoms with E-state index >= 15 is 0 Å². The molecular weight excluding hydrogens is 252 g/mol. The molecule has 0 aliphatic carbocycles. The van der Waals surface area contributed by atoms with Crippen molar-refractivity contribution in [1.82, 2.24) is 10.3 Å². The Balaban J connectivity index is 1.92. The molecule has 0 saturated heterocycles. The van der Waals surface area contributed by atoms with Crippen LogP contribution >= 0.6 is 11.3 Å². The Labute approximate surface area is 108 Å². The first-order chi connectivity index (χ1) is 8.56. The highest BCUT2D eigenvalue weighted by atomic mass is 32.1. The Morgan fingerprint density at radius 3 is 3.00 bits per heavy atom. The van der Waals surface area contributed by atoms with Crippen LogP contribution in [0, 0.1) is 6.92 Å². The summed E-state index contributed by atoms with van der Waals surface area (Å²) in [6.45, 7) is 4.51. The summed E-state index contributed by atoms with van der Waals surface area (Å²) < 4.78 is 5.16. The number of carboxylic acid groups (broad SMARTS) is 1. The number of carboxylic acids is 1. The second kappa shape index (κ2) is 5.32. The zero-order chi connectivity index (χ0) is 13.1. The molecule has 0 aliphatic rings. The van der Waals surface area contributed by atoms with Gasteiger partial charge < -0.3 is 14.8 Å². The average molecular weight is 266 g/mol. The van der Waals surface area contributed by atoms with Crippen LogP contribution in [0.2, 0.25) is 0 Å². The first kappa shape index (κ1) is 12.8. The van der Waals surface area contributed by atoms with Crippen LogP contribution in [0.3, 0.4) is 0 Å². The lowest BCUT2D eigenvalue weighted by atomic mass is 10.3. The van der Waals surface area contributed by atoms with Gasteiger partial charge in [-0.1, -0.05) is 0 Å². The number of rotatable bonds is 5. The minimum Gasteiger partial charge on any atom is -0.478 e. The van der Waals surface area contributed by atoms with Gasteiger partial charge in [0.25, 0.3) is 0 Å². The van der Waals surface area contributed by atoms with E-state index in [0.717, 1.165) is 5.01 Å². The Bertz CT molecular complexity index is 547. The van der Waals surface area contributed by atoms with Crippen LogP contribution in [-0.2, 0) is 6.54 Å². The minimum absolute atomic E-state index is 0.113. The number of hydrogen-bond donors (Lipinski definition) is 2. The molecule has 2 aromatic heterocycles. The molecule has 2 aromatic rings. The van der Waals surface area contributed by atoms with Gasteiger partial charge in [0.2, 0.25) is 0 Å². The molecule has 6 heteroatoms. The number of aromatic carboxylic acids is 1. The van der Waals surface area contributed by atoms with Gasteiger partial charge in [0.1, 0.15) is 17.0 Å². The van der Waals surface area contributed by atoms with Crippen LogP contribution in [-0.4, -0.2) is 16.1 Å². The molecule has 1 unspecified atom stereocenters. The summed E-state index contributed by atoms with van der Waals surface area (Å²) in [5, 5.41) is 13.0. The van der Waals surface area contributed by atoms with E-state index in [0.29, 0.717) is 12.3 Å². The van der Waals surface area contributed by atoms with E-state index in [-0.39, 0.29) is 11.6 Å². The number of nitrogens with one attached hydrogen (secondary N) is 1. The molecule has 0 saturated carbocycles. The smallest absolute Gasteiger partial charge is 0.338 e. The van der Waals surface area contributed by atoms with Crippen molar-refractivity contribution >= 4 is 17.3 Å². The minimum atomic E-state index is -0.978. The first-order valence-corrected chi connectivity index (χ1v) is 6.34. The number of aryl methyl sites for hydroxylation is 1. The monoisotopic (exact) mass is 266 g/mol. The van der Waals surface area contributed by atoms with Crippen LogP contribution in [0.25, 0.3) is 0 Å². The van der Waals surface area contributed by atoms with Gasteiger partial charge in [-0.3, -0.25) is 0 Å². The van der Waals surface area contributed by atoms with Gasteiger partial charge in [-0.05, 0) is 19.9 Å². The largest absolute Gasteiger partial charge is 0.478 e. The summed E-state index contributed by atoms with van der Waals surface area (Å²) in [5.74, 6) is -0.374. The highest BCUT2D eigenvalue weighted by molar-refractivity contribution is 7.11. The molecule has 2 N–H and O–H groups in total. The highest BCUT2D eigenvalue weighted by Gasteiger charge is 2.11. The molecule has 0 bridgehead atoms. The third kappa shape index (κ3) is 2.96. The van der Waals surface area contributed by atoms with Crippen LogP contribution in [0.5, 0.6) is 0 Å². The van der Waals surface area contributed by atoms with Crippen LogP contribution in [0.1, 0.15) is 39.0 Å². The van der Waals surface area contributed by atoms with Gasteiger partial charge in [-0.25, -0.2) is 9.78 Å². The summed E-state index contributed by atoms with van der Waals surface area (Å²) in [4.78, 5) is 16.2. The van der Waals surface area contributed by atoms with Gasteiger partial charge in [0.15, 0.2) is 0 Å². The van der Waals surface area contributed by atoms with Crippen molar-refractivity contribution in [3.05, 3.63) is 39.7 Å². The lowest BCUT2D eigenvalue weighted by Gasteiger charge is -2.09. The Hall–Kier alpha value is -1.66. The summed E-state index contributed by atoms with van der Waals surface area (Å²) >= 11 is 1.64. The van der Waals surface area contributed by atoms with Crippen molar-refractivity contribution in [2.45, 2.75) is 26.4 Å². The number of hydrogen-bond acceptors (Lipinski definition) is 5. The summed E-state index contributed by atoms with van der Waals surface area (Å²) in [7, 11) is 0. The zero-order valence-electron chi connectivity index (χ0n) is 10.1. The van der Waals surface area contributed by atoms with E-state index in [4.69, 9.17) is 9.52 Å². The van der Waals surface area contributed by atoms with Gasteiger partial charge in [-0.15, -0.1) is 11.3 Å². The van der Waals surface area contributed by atoms with Crippen molar-refractivity contribution in [3.8, 4) is 0 Å². The molecule has 2 rings (SSSR count). The second-order valence-corrected chi connectivity index (χ2v) is 5.28. The van der Waals surface area contributed by atoms with Gasteiger partial charge in [0.05, 0.1) is 18.2 Å². The summed E-state index contributed by atoms with van der Waals surface area (Å²) in [6, 6.07) is 1.64. The molecule has 0 aromatic carbocycles. The number of nitrogens with zero attached hydrogens (tertiary/aromatic N) is 1. The number of aromatic nitrogens is 1. The van der Waals surface area contributed by atoms with E-state index in [9.17, 15) is 4.79 Å². The molecule has 0 radical (unpaired) electrons. The van der Waals surface area contributed by atoms with Crippen LogP contribution in [0.4, 0.5) is 0 Å². The molecule has 1 atom stereocenters. The van der Waals surface area contributed by atoms with Crippen LogP contribution < -0.4 is 5.32 Å². The SMILES string of the molecule is Cc1cnc(C(C)NCc2cc(C(=O)O)co2)s1. The third-order valence-electron chi connectivity index (χ3n) is 2.49. The predicted octanol–water partition coefficient (Wildman–Crippen LogP) is 2.59. The Kier molecular flexibility index (Phi) is 3.78. The molecule has 2 heterocycles. The second-order valence-electron chi connectivity index (χ2n) is 4.02. The average Bonchev–Trinajstić information content (AvgIpc) is 2.94. The van der Waals surface area contributed by atoms with E-state index in [2.05, 4.69) is 10.3 Å². The molecule has 5 nitrogen and oxygen atoms in total. The predicted molar refractivity (Wildman–Crippen MR) is 67.8 cm³/mol. The van der Waals surface area contributed by atoms with Crippen molar-refractivity contribution in [3.63, 3.8) is 0 Å². The lowest BCUT2D eigenvalue weighted by molar-refractivity contribution is 0.0696. The van der Waals surface area contributed by atoms with Crippen molar-refractivity contribution in [1.29, 1.82) is 0 Å². The molecule has 0 spiro atoms. The summed E-state index contributed by atoms with van der Waals surface area (Å²) in [6.07, 6.45) is 3.09. The van der Waals surface area contributed by atoms with Gasteiger partial charge >= 0.3 is 5.97 Å². The van der Waals surface area contributed by atoms with Gasteiger partial charge in [0, 0.05) is 11.1 Å². The standard InChI is InChI=1S/C12H14N2O3S/c1-7-4-14-11(18-7)8(2)13-5-10-3-9(6-17-10)12(15)16/h3-4,6,8,13H,5H2,1-2H3,(H,15,16). The molecule has 0 fully saturated rings. The van der Waals surface area contributed by atoms with Gasteiger partial charge in [-0.2, -0.15) is 0 Å². The van der Waals surface area contributed by atoms with E-state index in [1.165, 1.54) is 17.2 Å². The van der Waals surface area contributed by atoms with E-state index in [1.807, 2.05) is 20.0 Å². The van der Waals surface area contributed by atoms with Crippen molar-refractivity contribution in [2.24, 2.45) is 0 Å². The Morgan fingerprint density at radius 2 is 2.44 bits per heavy atom. The molecular formula is C12H14N2O3S. The quantitative estimate of drug-likeness (QED) is 0.870. The number of carbonyl (C=O) groups is 1. The normalized spacial score (nSPS) is 12.6. The maximum atomic E-state index is 10.7. The first-order valence-electron chi connectivity index (χ1n) is 5.52. The highest BCUT2D eigenvalue weighted by Crippen LogP contribution is 2.19. The molecule has 18 heavy (non-hydrogen) atoms. The van der Waals surface area contributed by atoms with Crippen molar-refractivity contribution in [2.75, 3.05) is 0 Å². The fourth-order valence-electron chi connectivity index (χ4n) is 1.50. The molecule has 0 amide bonds.